The second kappa shape index (κ2) is 8.00. The number of hydrogen-bond donors (Lipinski definition) is 2. The Bertz CT molecular complexity index is 811. The summed E-state index contributed by atoms with van der Waals surface area (Å²) in [6.07, 6.45) is 2.48. The average molecular weight is 416 g/mol. The Morgan fingerprint density at radius 2 is 2.00 bits per heavy atom. The minimum absolute atomic E-state index is 0.157. The first-order chi connectivity index (χ1) is 14.2. The summed E-state index contributed by atoms with van der Waals surface area (Å²) in [4.78, 5) is 27.6. The number of nitrogens with zero attached hydrogens (tertiary/aromatic N) is 2. The van der Waals surface area contributed by atoms with Gasteiger partial charge >= 0.3 is 12.2 Å². The summed E-state index contributed by atoms with van der Waals surface area (Å²) >= 11 is 0. The van der Waals surface area contributed by atoms with Crippen molar-refractivity contribution in [2.24, 2.45) is 5.92 Å². The number of piperidine rings is 1. The molecule has 2 atom stereocenters. The summed E-state index contributed by atoms with van der Waals surface area (Å²) in [6, 6.07) is 6.79. The number of carbonyl (C=O) groups is 2. The predicted molar refractivity (Wildman–Crippen MR) is 115 cm³/mol. The smallest absolute Gasteiger partial charge is 0.410 e. The Balaban J connectivity index is 1.44. The average Bonchev–Trinajstić information content (AvgIpc) is 3.32. The number of carbonyl (C=O) groups excluding carboxylic acids is 1. The van der Waals surface area contributed by atoms with Crippen LogP contribution in [-0.4, -0.2) is 64.9 Å². The lowest BCUT2D eigenvalue weighted by Crippen LogP contribution is -2.45. The quantitative estimate of drug-likeness (QED) is 0.772. The van der Waals surface area contributed by atoms with Crippen LogP contribution in [0.25, 0.3) is 0 Å². The van der Waals surface area contributed by atoms with Crippen molar-refractivity contribution in [3.8, 4) is 0 Å². The molecule has 2 aliphatic heterocycles. The van der Waals surface area contributed by atoms with Crippen LogP contribution in [0.2, 0.25) is 0 Å². The molecule has 0 bridgehead atoms. The lowest BCUT2D eigenvalue weighted by molar-refractivity contribution is 0.0171. The molecule has 2 heterocycles. The van der Waals surface area contributed by atoms with E-state index in [0.717, 1.165) is 32.2 Å². The Morgan fingerprint density at radius 3 is 2.67 bits per heavy atom. The number of nitrogens with one attached hydrogen (secondary N) is 1. The number of rotatable bonds is 4. The van der Waals surface area contributed by atoms with Gasteiger partial charge in [-0.3, -0.25) is 0 Å². The molecule has 164 valence electrons. The molecule has 2 fully saturated rings. The Hall–Kier alpha value is -2.44. The number of hydrogen-bond acceptors (Lipinski definition) is 4. The number of likely N-dealkylation sites (tertiary alicyclic amines) is 1. The molecule has 0 radical (unpaired) electrons. The van der Waals surface area contributed by atoms with Crippen LogP contribution in [0.1, 0.15) is 57.1 Å². The molecule has 2 unspecified atom stereocenters. The summed E-state index contributed by atoms with van der Waals surface area (Å²) in [5.74, 6) is 0.654. The Morgan fingerprint density at radius 1 is 1.27 bits per heavy atom. The van der Waals surface area contributed by atoms with Gasteiger partial charge in [0.15, 0.2) is 0 Å². The van der Waals surface area contributed by atoms with Crippen LogP contribution in [-0.2, 0) is 11.2 Å². The van der Waals surface area contributed by atoms with Gasteiger partial charge in [-0.2, -0.15) is 0 Å². The highest BCUT2D eigenvalue weighted by molar-refractivity contribution is 5.70. The molecule has 3 aliphatic rings. The standard InChI is InChI=1S/C23H33N3O4/c1-23(2,3)30-22(29)26(14-15-7-10-25(11-8-15)21(27)28)20-13-18(20)16-4-5-19-17(12-16)6-9-24-19/h4-5,12,15,18,20,24H,6-11,13-14H2,1-3H3,(H,27,28). The molecular formula is C23H33N3O4. The van der Waals surface area contributed by atoms with Crippen molar-refractivity contribution in [2.75, 3.05) is 31.5 Å². The summed E-state index contributed by atoms with van der Waals surface area (Å²) in [6.45, 7) is 8.38. The highest BCUT2D eigenvalue weighted by Crippen LogP contribution is 2.46. The van der Waals surface area contributed by atoms with Crippen molar-refractivity contribution in [1.82, 2.24) is 9.80 Å². The van der Waals surface area contributed by atoms with Crippen molar-refractivity contribution in [1.29, 1.82) is 0 Å². The van der Waals surface area contributed by atoms with Crippen LogP contribution in [0.15, 0.2) is 18.2 Å². The molecule has 2 N–H and O–H groups in total. The second-order valence-electron chi connectivity index (χ2n) is 9.85. The maximum Gasteiger partial charge on any atom is 0.410 e. The van der Waals surface area contributed by atoms with Crippen molar-refractivity contribution in [3.05, 3.63) is 29.3 Å². The molecule has 4 rings (SSSR count). The van der Waals surface area contributed by atoms with Gasteiger partial charge in [0.05, 0.1) is 0 Å². The van der Waals surface area contributed by atoms with E-state index < -0.39 is 11.7 Å². The minimum Gasteiger partial charge on any atom is -0.465 e. The van der Waals surface area contributed by atoms with Gasteiger partial charge in [-0.25, -0.2) is 9.59 Å². The third-order valence-electron chi connectivity index (χ3n) is 6.39. The highest BCUT2D eigenvalue weighted by Gasteiger charge is 2.47. The van der Waals surface area contributed by atoms with E-state index in [9.17, 15) is 14.7 Å². The number of benzene rings is 1. The lowest BCUT2D eigenvalue weighted by atomic mass is 9.96. The Kier molecular flexibility index (Phi) is 5.55. The van der Waals surface area contributed by atoms with Crippen LogP contribution in [0.5, 0.6) is 0 Å². The molecule has 2 amide bonds. The molecular weight excluding hydrogens is 382 g/mol. The van der Waals surface area contributed by atoms with Crippen molar-refractivity contribution in [2.45, 2.75) is 64.0 Å². The van der Waals surface area contributed by atoms with Crippen molar-refractivity contribution < 1.29 is 19.4 Å². The van der Waals surface area contributed by atoms with Crippen LogP contribution >= 0.6 is 0 Å². The SMILES string of the molecule is CC(C)(C)OC(=O)N(CC1CCN(C(=O)O)CC1)C1CC1c1ccc2c(c1)CCN2. The van der Waals surface area contributed by atoms with E-state index in [1.807, 2.05) is 25.7 Å². The Labute approximate surface area is 178 Å². The first-order valence-electron chi connectivity index (χ1n) is 11.1. The first-order valence-corrected chi connectivity index (χ1v) is 11.1. The van der Waals surface area contributed by atoms with E-state index in [2.05, 4.69) is 23.5 Å². The molecule has 1 aromatic carbocycles. The number of fused-ring (bicyclic) bond motifs is 1. The zero-order valence-corrected chi connectivity index (χ0v) is 18.2. The first kappa shape index (κ1) is 20.8. The summed E-state index contributed by atoms with van der Waals surface area (Å²) in [5.41, 5.74) is 3.36. The van der Waals surface area contributed by atoms with Crippen molar-refractivity contribution >= 4 is 17.9 Å². The van der Waals surface area contributed by atoms with Gasteiger partial charge in [-0.15, -0.1) is 0 Å². The van der Waals surface area contributed by atoms with E-state index in [-0.39, 0.29) is 12.1 Å². The third kappa shape index (κ3) is 4.65. The largest absolute Gasteiger partial charge is 0.465 e. The molecule has 1 saturated carbocycles. The van der Waals surface area contributed by atoms with Gasteiger partial charge in [-0.05, 0) is 69.6 Å². The zero-order valence-electron chi connectivity index (χ0n) is 18.2. The summed E-state index contributed by atoms with van der Waals surface area (Å²) in [7, 11) is 0. The predicted octanol–water partition coefficient (Wildman–Crippen LogP) is 4.14. The van der Waals surface area contributed by atoms with Gasteiger partial charge in [0.25, 0.3) is 0 Å². The second-order valence-corrected chi connectivity index (χ2v) is 9.85. The molecule has 7 heteroatoms. The molecule has 0 aromatic heterocycles. The fourth-order valence-corrected chi connectivity index (χ4v) is 4.69. The minimum atomic E-state index is -0.856. The monoisotopic (exact) mass is 415 g/mol. The molecule has 1 aliphatic carbocycles. The van der Waals surface area contributed by atoms with Gasteiger partial charge < -0.3 is 25.0 Å². The van der Waals surface area contributed by atoms with Gasteiger partial charge in [0.1, 0.15) is 5.60 Å². The van der Waals surface area contributed by atoms with E-state index >= 15 is 0 Å². The van der Waals surface area contributed by atoms with E-state index in [4.69, 9.17) is 4.74 Å². The van der Waals surface area contributed by atoms with E-state index in [0.29, 0.717) is 31.5 Å². The van der Waals surface area contributed by atoms with Crippen LogP contribution in [0.3, 0.4) is 0 Å². The van der Waals surface area contributed by atoms with E-state index in [1.165, 1.54) is 21.7 Å². The molecule has 7 nitrogen and oxygen atoms in total. The van der Waals surface area contributed by atoms with Gasteiger partial charge in [0, 0.05) is 43.8 Å². The maximum absolute atomic E-state index is 13.0. The van der Waals surface area contributed by atoms with Crippen LogP contribution < -0.4 is 5.32 Å². The molecule has 30 heavy (non-hydrogen) atoms. The number of anilines is 1. The van der Waals surface area contributed by atoms with Crippen molar-refractivity contribution in [3.63, 3.8) is 0 Å². The molecule has 1 aromatic rings. The van der Waals surface area contributed by atoms with Gasteiger partial charge in [-0.1, -0.05) is 12.1 Å². The van der Waals surface area contributed by atoms with Crippen LogP contribution in [0, 0.1) is 5.92 Å². The van der Waals surface area contributed by atoms with Crippen LogP contribution in [0.4, 0.5) is 15.3 Å². The number of amides is 2. The number of ether oxygens (including phenoxy) is 1. The normalized spacial score (nSPS) is 23.5. The number of carboxylic acid groups (broad SMARTS) is 1. The van der Waals surface area contributed by atoms with E-state index in [1.54, 1.807) is 0 Å². The fraction of sp³-hybridized carbons (Fsp3) is 0.652. The highest BCUT2D eigenvalue weighted by atomic mass is 16.6. The lowest BCUT2D eigenvalue weighted by Gasteiger charge is -2.34. The van der Waals surface area contributed by atoms with Gasteiger partial charge in [0.2, 0.25) is 0 Å². The molecule has 0 spiro atoms. The zero-order chi connectivity index (χ0) is 21.5. The topological polar surface area (TPSA) is 82.1 Å². The summed E-state index contributed by atoms with van der Waals surface area (Å²) in [5, 5.41) is 12.6. The summed E-state index contributed by atoms with van der Waals surface area (Å²) < 4.78 is 5.73. The molecule has 1 saturated heterocycles. The third-order valence-corrected chi connectivity index (χ3v) is 6.39. The maximum atomic E-state index is 13.0. The fourth-order valence-electron chi connectivity index (χ4n) is 4.69.